The first-order chi connectivity index (χ1) is 14.2. The molecule has 2 aromatic carbocycles. The number of aromatic hydroxyl groups is 1. The molecule has 2 N–H and O–H groups in total. The number of hydrogen-bond donors (Lipinski definition) is 2. The van der Waals surface area contributed by atoms with E-state index in [0.717, 1.165) is 12.5 Å². The number of benzene rings is 2. The van der Waals surface area contributed by atoms with Gasteiger partial charge >= 0.3 is 5.97 Å². The lowest BCUT2D eigenvalue weighted by Gasteiger charge is -2.42. The summed E-state index contributed by atoms with van der Waals surface area (Å²) in [6.45, 7) is 0.544. The number of non-ortho nitro benzene ring substituents is 1. The molecule has 2 atom stereocenters. The Morgan fingerprint density at radius 1 is 1.27 bits per heavy atom. The molecule has 0 unspecified atom stereocenters. The van der Waals surface area contributed by atoms with Crippen molar-refractivity contribution in [3.05, 3.63) is 63.7 Å². The molecule has 1 aliphatic rings. The molecule has 0 saturated heterocycles. The average Bonchev–Trinajstić information content (AvgIpc) is 2.70. The number of nitro benzene ring substituents is 1. The van der Waals surface area contributed by atoms with Crippen molar-refractivity contribution in [2.75, 3.05) is 20.6 Å². The number of aliphatic hydroxyl groups is 1. The van der Waals surface area contributed by atoms with Gasteiger partial charge in [0.25, 0.3) is 5.69 Å². The first-order valence-corrected chi connectivity index (χ1v) is 9.88. The minimum Gasteiger partial charge on any atom is -0.507 e. The molecule has 0 heterocycles. The third-order valence-electron chi connectivity index (χ3n) is 5.57. The Labute approximate surface area is 174 Å². The van der Waals surface area contributed by atoms with Gasteiger partial charge in [-0.3, -0.25) is 10.1 Å². The van der Waals surface area contributed by atoms with E-state index in [9.17, 15) is 25.1 Å². The van der Waals surface area contributed by atoms with E-state index in [-0.39, 0.29) is 28.5 Å². The number of para-hydroxylation sites is 1. The van der Waals surface area contributed by atoms with Gasteiger partial charge in [0.05, 0.1) is 10.5 Å². The molecule has 2 aromatic rings. The van der Waals surface area contributed by atoms with Gasteiger partial charge in [-0.25, -0.2) is 4.79 Å². The van der Waals surface area contributed by atoms with Gasteiger partial charge in [0.2, 0.25) is 0 Å². The van der Waals surface area contributed by atoms with E-state index in [1.807, 2.05) is 19.0 Å². The van der Waals surface area contributed by atoms with Gasteiger partial charge < -0.3 is 19.8 Å². The lowest BCUT2D eigenvalue weighted by molar-refractivity contribution is -0.385. The summed E-state index contributed by atoms with van der Waals surface area (Å²) < 4.78 is 5.27. The van der Waals surface area contributed by atoms with Crippen molar-refractivity contribution < 1.29 is 24.7 Å². The zero-order valence-electron chi connectivity index (χ0n) is 17.1. The summed E-state index contributed by atoms with van der Waals surface area (Å²) in [7, 11) is 3.76. The Bertz CT molecular complexity index is 931. The van der Waals surface area contributed by atoms with Crippen LogP contribution in [0.4, 0.5) is 5.69 Å². The Morgan fingerprint density at radius 3 is 2.60 bits per heavy atom. The second-order valence-corrected chi connectivity index (χ2v) is 7.98. The Balaban J connectivity index is 2.08. The lowest BCUT2D eigenvalue weighted by atomic mass is 9.70. The molecule has 160 valence electrons. The predicted molar refractivity (Wildman–Crippen MR) is 111 cm³/mol. The Morgan fingerprint density at radius 2 is 1.97 bits per heavy atom. The summed E-state index contributed by atoms with van der Waals surface area (Å²) in [4.78, 5) is 25.5. The van der Waals surface area contributed by atoms with E-state index in [0.29, 0.717) is 25.8 Å². The molecule has 3 rings (SSSR count). The second-order valence-electron chi connectivity index (χ2n) is 7.98. The van der Waals surface area contributed by atoms with Gasteiger partial charge in [-0.2, -0.15) is 0 Å². The smallest absolute Gasteiger partial charge is 0.347 e. The number of phenolic OH excluding ortho intramolecular Hbond substituents is 1. The standard InChI is InChI=1S/C22H26N2O6/c1-23(2)14-15-8-6-7-11-22(15,27)19-13-16(24(28)29)12-18(20(19)25)21(26)30-17-9-4-3-5-10-17/h3-5,9-10,12-13,15,25,27H,6-8,11,14H2,1-2H3/t15-,22-/m1/s1. The maximum absolute atomic E-state index is 12.7. The normalized spacial score (nSPS) is 21.4. The van der Waals surface area contributed by atoms with Gasteiger partial charge in [-0.15, -0.1) is 0 Å². The van der Waals surface area contributed by atoms with Crippen LogP contribution in [0, 0.1) is 16.0 Å². The van der Waals surface area contributed by atoms with E-state index in [1.54, 1.807) is 30.3 Å². The topological polar surface area (TPSA) is 113 Å². The van der Waals surface area contributed by atoms with Crippen LogP contribution in [0.3, 0.4) is 0 Å². The first kappa shape index (κ1) is 21.7. The maximum Gasteiger partial charge on any atom is 0.347 e. The van der Waals surface area contributed by atoms with Crippen LogP contribution in [0.1, 0.15) is 41.6 Å². The van der Waals surface area contributed by atoms with Crippen LogP contribution in [-0.4, -0.2) is 46.6 Å². The zero-order valence-corrected chi connectivity index (χ0v) is 17.1. The van der Waals surface area contributed by atoms with Crippen LogP contribution in [0.25, 0.3) is 0 Å². The number of ether oxygens (including phenoxy) is 1. The summed E-state index contributed by atoms with van der Waals surface area (Å²) in [5.41, 5.74) is -2.21. The van der Waals surface area contributed by atoms with E-state index in [2.05, 4.69) is 0 Å². The van der Waals surface area contributed by atoms with Crippen molar-refractivity contribution in [1.82, 2.24) is 4.90 Å². The lowest BCUT2D eigenvalue weighted by Crippen LogP contribution is -2.43. The fraction of sp³-hybridized carbons (Fsp3) is 0.409. The van der Waals surface area contributed by atoms with Crippen LogP contribution in [0.2, 0.25) is 0 Å². The third-order valence-corrected chi connectivity index (χ3v) is 5.57. The monoisotopic (exact) mass is 414 g/mol. The highest BCUT2D eigenvalue weighted by molar-refractivity contribution is 5.95. The maximum atomic E-state index is 12.7. The van der Waals surface area contributed by atoms with Crippen molar-refractivity contribution in [1.29, 1.82) is 0 Å². The molecule has 30 heavy (non-hydrogen) atoms. The Hall–Kier alpha value is -2.97. The molecular weight excluding hydrogens is 388 g/mol. The van der Waals surface area contributed by atoms with Crippen LogP contribution in [0.5, 0.6) is 11.5 Å². The quantitative estimate of drug-likeness (QED) is 0.322. The first-order valence-electron chi connectivity index (χ1n) is 9.88. The molecule has 0 spiro atoms. The fourth-order valence-electron chi connectivity index (χ4n) is 4.13. The highest BCUT2D eigenvalue weighted by Gasteiger charge is 2.44. The molecule has 8 nitrogen and oxygen atoms in total. The van der Waals surface area contributed by atoms with Gasteiger partial charge in [0.1, 0.15) is 17.1 Å². The molecule has 1 aliphatic carbocycles. The van der Waals surface area contributed by atoms with Gasteiger partial charge in [-0.05, 0) is 39.1 Å². The predicted octanol–water partition coefficient (Wildman–Crippen LogP) is 3.46. The van der Waals surface area contributed by atoms with Crippen LogP contribution in [0.15, 0.2) is 42.5 Å². The minimum atomic E-state index is -1.49. The molecular formula is C22H26N2O6. The molecule has 0 aromatic heterocycles. The third kappa shape index (κ3) is 4.44. The van der Waals surface area contributed by atoms with Gasteiger partial charge in [-0.1, -0.05) is 31.0 Å². The number of phenols is 1. The summed E-state index contributed by atoms with van der Waals surface area (Å²) in [5, 5.41) is 34.0. The minimum absolute atomic E-state index is 0.00302. The highest BCUT2D eigenvalue weighted by atomic mass is 16.6. The average molecular weight is 414 g/mol. The molecule has 0 aliphatic heterocycles. The fourth-order valence-corrected chi connectivity index (χ4v) is 4.13. The molecule has 0 amide bonds. The largest absolute Gasteiger partial charge is 0.507 e. The zero-order chi connectivity index (χ0) is 21.9. The summed E-state index contributed by atoms with van der Waals surface area (Å²) in [6, 6.07) is 10.4. The molecule has 1 saturated carbocycles. The van der Waals surface area contributed by atoms with Gasteiger partial charge in [0, 0.05) is 30.2 Å². The van der Waals surface area contributed by atoms with E-state index in [4.69, 9.17) is 4.74 Å². The summed E-state index contributed by atoms with van der Waals surface area (Å²) in [5.74, 6) is -1.40. The SMILES string of the molecule is CN(C)C[C@H]1CCCC[C@]1(O)c1cc([N+](=O)[O-])cc(C(=O)Oc2ccccc2)c1O. The summed E-state index contributed by atoms with van der Waals surface area (Å²) >= 11 is 0. The highest BCUT2D eigenvalue weighted by Crippen LogP contribution is 2.47. The molecule has 1 fully saturated rings. The Kier molecular flexibility index (Phi) is 6.38. The van der Waals surface area contributed by atoms with Crippen LogP contribution < -0.4 is 4.74 Å². The molecule has 0 bridgehead atoms. The van der Waals surface area contributed by atoms with Crippen LogP contribution in [-0.2, 0) is 5.60 Å². The number of rotatable bonds is 6. The van der Waals surface area contributed by atoms with Crippen molar-refractivity contribution in [2.24, 2.45) is 5.92 Å². The number of esters is 1. The van der Waals surface area contributed by atoms with E-state index < -0.39 is 22.2 Å². The number of hydrogen-bond acceptors (Lipinski definition) is 7. The van der Waals surface area contributed by atoms with Crippen LogP contribution >= 0.6 is 0 Å². The number of carbonyl (C=O) groups is 1. The second kappa shape index (κ2) is 8.81. The van der Waals surface area contributed by atoms with E-state index in [1.165, 1.54) is 6.07 Å². The number of nitro groups is 1. The number of nitrogens with zero attached hydrogens (tertiary/aromatic N) is 2. The van der Waals surface area contributed by atoms with Crippen molar-refractivity contribution in [2.45, 2.75) is 31.3 Å². The van der Waals surface area contributed by atoms with Crippen molar-refractivity contribution in [3.63, 3.8) is 0 Å². The molecule has 0 radical (unpaired) electrons. The molecule has 8 heteroatoms. The van der Waals surface area contributed by atoms with E-state index >= 15 is 0 Å². The number of carbonyl (C=O) groups excluding carboxylic acids is 1. The van der Waals surface area contributed by atoms with Crippen molar-refractivity contribution in [3.8, 4) is 11.5 Å². The van der Waals surface area contributed by atoms with Crippen molar-refractivity contribution >= 4 is 11.7 Å². The van der Waals surface area contributed by atoms with Gasteiger partial charge in [0.15, 0.2) is 0 Å². The summed E-state index contributed by atoms with van der Waals surface area (Å²) in [6.07, 6.45) is 2.68.